The summed E-state index contributed by atoms with van der Waals surface area (Å²) in [5, 5.41) is 14.9. The lowest BCUT2D eigenvalue weighted by molar-refractivity contribution is -0.138. The van der Waals surface area contributed by atoms with Crippen LogP contribution < -0.4 is 10.9 Å². The number of nitrogens with one attached hydrogen (secondary N) is 1. The standard InChI is InChI=1S/C29H31N3O4S/c1-17(2)12-24(32-16-30-22-11-6-5-10-21(22)29(32)36)28(35)31-23(14-26(33)34)20-13-25(37-15-20)27-18(3)8-7-9-19(27)4/h5-11,13,15-17,23-24H,12,14H2,1-4H3,(H,31,35)(H,33,34)/t23-,24-/m1/s1. The molecule has 0 spiro atoms. The Kier molecular flexibility index (Phi) is 7.88. The van der Waals surface area contributed by atoms with Gasteiger partial charge in [0.1, 0.15) is 6.04 Å². The molecule has 0 fully saturated rings. The monoisotopic (exact) mass is 517 g/mol. The lowest BCUT2D eigenvalue weighted by Gasteiger charge is -2.24. The van der Waals surface area contributed by atoms with Crippen molar-refractivity contribution in [1.29, 1.82) is 0 Å². The van der Waals surface area contributed by atoms with Gasteiger partial charge in [0.05, 0.1) is 29.7 Å². The van der Waals surface area contributed by atoms with E-state index < -0.39 is 24.0 Å². The van der Waals surface area contributed by atoms with Gasteiger partial charge in [-0.25, -0.2) is 4.98 Å². The highest BCUT2D eigenvalue weighted by Gasteiger charge is 2.28. The van der Waals surface area contributed by atoms with E-state index in [0.717, 1.165) is 27.1 Å². The Morgan fingerprint density at radius 1 is 1.08 bits per heavy atom. The van der Waals surface area contributed by atoms with Crippen molar-refractivity contribution in [1.82, 2.24) is 14.9 Å². The van der Waals surface area contributed by atoms with Gasteiger partial charge in [-0.15, -0.1) is 11.3 Å². The van der Waals surface area contributed by atoms with Crippen LogP contribution in [0.4, 0.5) is 0 Å². The van der Waals surface area contributed by atoms with Crippen LogP contribution in [0.3, 0.4) is 0 Å². The molecule has 2 aromatic heterocycles. The second kappa shape index (κ2) is 11.1. The zero-order valence-corrected chi connectivity index (χ0v) is 22.2. The van der Waals surface area contributed by atoms with Crippen molar-refractivity contribution in [3.05, 3.63) is 87.3 Å². The molecule has 2 aromatic carbocycles. The van der Waals surface area contributed by atoms with Crippen LogP contribution in [-0.2, 0) is 9.59 Å². The number of thiophene rings is 1. The number of fused-ring (bicyclic) bond motifs is 1. The van der Waals surface area contributed by atoms with Crippen LogP contribution in [0.5, 0.6) is 0 Å². The number of rotatable bonds is 9. The molecule has 4 rings (SSSR count). The number of amides is 1. The quantitative estimate of drug-likeness (QED) is 0.298. The topological polar surface area (TPSA) is 101 Å². The van der Waals surface area contributed by atoms with Gasteiger partial charge >= 0.3 is 5.97 Å². The lowest BCUT2D eigenvalue weighted by Crippen LogP contribution is -2.40. The average Bonchev–Trinajstić information content (AvgIpc) is 3.32. The number of benzene rings is 2. The number of hydrogen-bond donors (Lipinski definition) is 2. The minimum Gasteiger partial charge on any atom is -0.481 e. The van der Waals surface area contributed by atoms with Gasteiger partial charge in [0.25, 0.3) is 5.56 Å². The smallest absolute Gasteiger partial charge is 0.305 e. The van der Waals surface area contributed by atoms with Crippen LogP contribution in [-0.4, -0.2) is 26.5 Å². The average molecular weight is 518 g/mol. The lowest BCUT2D eigenvalue weighted by atomic mass is 9.99. The number of aliphatic carboxylic acids is 1. The number of para-hydroxylation sites is 1. The maximum atomic E-state index is 13.6. The number of nitrogens with zero attached hydrogens (tertiary/aromatic N) is 2. The first-order chi connectivity index (χ1) is 17.7. The molecule has 37 heavy (non-hydrogen) atoms. The number of carboxylic acids is 1. The first-order valence-corrected chi connectivity index (χ1v) is 13.2. The molecule has 2 N–H and O–H groups in total. The van der Waals surface area contributed by atoms with Gasteiger partial charge < -0.3 is 10.4 Å². The fourth-order valence-electron chi connectivity index (χ4n) is 4.66. The summed E-state index contributed by atoms with van der Waals surface area (Å²) in [6.07, 6.45) is 1.55. The zero-order valence-electron chi connectivity index (χ0n) is 21.4. The molecule has 4 aromatic rings. The number of carbonyl (C=O) groups is 2. The van der Waals surface area contributed by atoms with Gasteiger partial charge in [0.15, 0.2) is 0 Å². The molecular formula is C29H31N3O4S. The van der Waals surface area contributed by atoms with Crippen LogP contribution in [0.25, 0.3) is 21.3 Å². The second-order valence-electron chi connectivity index (χ2n) is 9.79. The van der Waals surface area contributed by atoms with E-state index in [2.05, 4.69) is 10.3 Å². The summed E-state index contributed by atoms with van der Waals surface area (Å²) in [6.45, 7) is 8.04. The van der Waals surface area contributed by atoms with E-state index in [4.69, 9.17) is 0 Å². The van der Waals surface area contributed by atoms with Crippen molar-refractivity contribution in [2.45, 2.75) is 52.6 Å². The molecule has 0 unspecified atom stereocenters. The molecule has 2 heterocycles. The fourth-order valence-corrected chi connectivity index (χ4v) is 5.80. The third-order valence-electron chi connectivity index (χ3n) is 6.47. The van der Waals surface area contributed by atoms with Crippen molar-refractivity contribution in [2.24, 2.45) is 5.92 Å². The molecule has 192 valence electrons. The highest BCUT2D eigenvalue weighted by Crippen LogP contribution is 2.35. The van der Waals surface area contributed by atoms with E-state index >= 15 is 0 Å². The Bertz CT molecular complexity index is 1480. The predicted octanol–water partition coefficient (Wildman–Crippen LogP) is 5.66. The van der Waals surface area contributed by atoms with Gasteiger partial charge in [0.2, 0.25) is 5.91 Å². The molecule has 1 amide bonds. The van der Waals surface area contributed by atoms with E-state index in [1.807, 2.05) is 63.4 Å². The van der Waals surface area contributed by atoms with Gasteiger partial charge in [-0.3, -0.25) is 19.0 Å². The second-order valence-corrected chi connectivity index (χ2v) is 10.7. The fraction of sp³-hybridized carbons (Fsp3) is 0.310. The minimum atomic E-state index is -1.02. The molecule has 7 nitrogen and oxygen atoms in total. The van der Waals surface area contributed by atoms with Crippen LogP contribution in [0, 0.1) is 19.8 Å². The van der Waals surface area contributed by atoms with Crippen molar-refractivity contribution in [2.75, 3.05) is 0 Å². The number of carbonyl (C=O) groups excluding carboxylic acids is 1. The Hall–Kier alpha value is -3.78. The van der Waals surface area contributed by atoms with E-state index in [0.29, 0.717) is 17.3 Å². The maximum absolute atomic E-state index is 13.6. The van der Waals surface area contributed by atoms with E-state index in [1.54, 1.807) is 18.2 Å². The number of hydrogen-bond acceptors (Lipinski definition) is 5. The molecule has 0 saturated heterocycles. The summed E-state index contributed by atoms with van der Waals surface area (Å²) in [5.41, 5.74) is 4.37. The Labute approximate surface area is 219 Å². The number of carboxylic acid groups (broad SMARTS) is 1. The largest absolute Gasteiger partial charge is 0.481 e. The zero-order chi connectivity index (χ0) is 26.7. The van der Waals surface area contributed by atoms with Crippen molar-refractivity contribution in [3.8, 4) is 10.4 Å². The SMILES string of the molecule is Cc1cccc(C)c1-c1cc([C@@H](CC(=O)O)NC(=O)[C@@H](CC(C)C)n2cnc3ccccc3c2=O)cs1. The van der Waals surface area contributed by atoms with Gasteiger partial charge in [-0.2, -0.15) is 0 Å². The molecule has 0 bridgehead atoms. The molecular weight excluding hydrogens is 486 g/mol. The number of aryl methyl sites for hydroxylation is 2. The highest BCUT2D eigenvalue weighted by atomic mass is 32.1. The summed E-state index contributed by atoms with van der Waals surface area (Å²) in [6, 6.07) is 13.5. The summed E-state index contributed by atoms with van der Waals surface area (Å²) >= 11 is 1.52. The maximum Gasteiger partial charge on any atom is 0.305 e. The van der Waals surface area contributed by atoms with E-state index in [1.165, 1.54) is 22.2 Å². The number of aromatic nitrogens is 2. The van der Waals surface area contributed by atoms with E-state index in [-0.39, 0.29) is 17.9 Å². The van der Waals surface area contributed by atoms with E-state index in [9.17, 15) is 19.5 Å². The Morgan fingerprint density at radius 2 is 1.78 bits per heavy atom. The molecule has 0 saturated carbocycles. The molecule has 0 radical (unpaired) electrons. The van der Waals surface area contributed by atoms with Gasteiger partial charge in [0, 0.05) is 4.88 Å². The summed E-state index contributed by atoms with van der Waals surface area (Å²) < 4.78 is 1.37. The van der Waals surface area contributed by atoms with Crippen LogP contribution in [0.2, 0.25) is 0 Å². The van der Waals surface area contributed by atoms with Crippen LogP contribution in [0.15, 0.2) is 65.0 Å². The first kappa shape index (κ1) is 26.3. The molecule has 0 aliphatic rings. The summed E-state index contributed by atoms with van der Waals surface area (Å²) in [4.78, 5) is 44.0. The Balaban J connectivity index is 1.68. The van der Waals surface area contributed by atoms with Gasteiger partial charge in [-0.1, -0.05) is 44.2 Å². The molecule has 8 heteroatoms. The van der Waals surface area contributed by atoms with Crippen LogP contribution >= 0.6 is 11.3 Å². The highest BCUT2D eigenvalue weighted by molar-refractivity contribution is 7.13. The third-order valence-corrected chi connectivity index (χ3v) is 7.43. The predicted molar refractivity (Wildman–Crippen MR) is 147 cm³/mol. The van der Waals surface area contributed by atoms with Crippen molar-refractivity contribution in [3.63, 3.8) is 0 Å². The van der Waals surface area contributed by atoms with Gasteiger partial charge in [-0.05, 0) is 72.0 Å². The van der Waals surface area contributed by atoms with Crippen molar-refractivity contribution >= 4 is 34.1 Å². The summed E-state index contributed by atoms with van der Waals surface area (Å²) in [5.74, 6) is -1.31. The minimum absolute atomic E-state index is 0.115. The summed E-state index contributed by atoms with van der Waals surface area (Å²) in [7, 11) is 0. The molecule has 2 atom stereocenters. The normalized spacial score (nSPS) is 13.0. The Morgan fingerprint density at radius 3 is 2.46 bits per heavy atom. The third kappa shape index (κ3) is 5.80. The van der Waals surface area contributed by atoms with Crippen LogP contribution in [0.1, 0.15) is 55.5 Å². The molecule has 0 aliphatic carbocycles. The first-order valence-electron chi connectivity index (χ1n) is 12.3. The molecule has 0 aliphatic heterocycles. The van der Waals surface area contributed by atoms with Crippen molar-refractivity contribution < 1.29 is 14.7 Å².